The normalized spacial score (nSPS) is 22.3. The van der Waals surface area contributed by atoms with Gasteiger partial charge in [0, 0.05) is 32.6 Å². The molecule has 324 valence electrons. The van der Waals surface area contributed by atoms with Gasteiger partial charge in [-0.3, -0.25) is 14.4 Å². The van der Waals surface area contributed by atoms with Crippen molar-refractivity contribution in [2.45, 2.75) is 119 Å². The van der Waals surface area contributed by atoms with Crippen LogP contribution in [0.5, 0.6) is 0 Å². The lowest BCUT2D eigenvalue weighted by Gasteiger charge is -2.38. The maximum absolute atomic E-state index is 14.2. The zero-order chi connectivity index (χ0) is 44.1. The first kappa shape index (κ1) is 38.9. The van der Waals surface area contributed by atoms with Gasteiger partial charge in [-0.05, 0) is 171 Å². The summed E-state index contributed by atoms with van der Waals surface area (Å²) < 4.78 is 0. The van der Waals surface area contributed by atoms with Gasteiger partial charge in [-0.2, -0.15) is 0 Å². The molecule has 1 atom stereocenters. The molecule has 6 nitrogen and oxygen atoms in total. The molecule has 6 heteroatoms. The Labute approximate surface area is 382 Å². The summed E-state index contributed by atoms with van der Waals surface area (Å²) >= 11 is 0. The highest BCUT2D eigenvalue weighted by Gasteiger charge is 2.51. The predicted molar refractivity (Wildman–Crippen MR) is 264 cm³/mol. The number of carbonyl (C=O) groups is 1. The fraction of sp³-hybridized carbons (Fsp3) is 0.317. The van der Waals surface area contributed by atoms with Crippen LogP contribution in [0.3, 0.4) is 0 Å². The first-order valence-electron chi connectivity index (χ1n) is 24.6. The second-order valence-corrected chi connectivity index (χ2v) is 20.8. The minimum atomic E-state index is -1.07. The van der Waals surface area contributed by atoms with E-state index in [1.54, 1.807) is 0 Å². The number of rotatable bonds is 2. The Morgan fingerprint density at radius 3 is 1.39 bits per heavy atom. The van der Waals surface area contributed by atoms with Crippen LogP contribution in [-0.4, -0.2) is 16.6 Å². The molecule has 7 aromatic rings. The van der Waals surface area contributed by atoms with E-state index in [1.807, 2.05) is 72.8 Å². The average molecular weight is 863 g/mol. The molecule has 0 aromatic heterocycles. The second-order valence-electron chi connectivity index (χ2n) is 20.8. The standard InChI is InChI=1S/C60H50N2O4/c63-54-42-24-34-14-4-5-15-35(34)25-43(42)55(64)52(54)61-50-30-38-28-48-40(32-46(38)59(50)20-10-2-11-21-59)41-33-47-39(29-49(41)58(48)18-8-1-9-19-58)31-51(60(47)22-12-3-13-23-60)62-53-56(65)44-26-36-16-6-7-17-37(36)27-45(44)57(53)66/h4-7,14-17,24-33,54,63H,1-3,8-13,18-23H2/b61-52-. The van der Waals surface area contributed by atoms with Crippen LogP contribution >= 0.6 is 0 Å². The molecule has 0 heterocycles. The quantitative estimate of drug-likeness (QED) is 0.187. The smallest absolute Gasteiger partial charge is 0.216 e. The first-order valence-corrected chi connectivity index (χ1v) is 24.6. The van der Waals surface area contributed by atoms with E-state index in [9.17, 15) is 19.5 Å². The zero-order valence-corrected chi connectivity index (χ0v) is 37.1. The fourth-order valence-electron chi connectivity index (χ4n) is 14.4. The van der Waals surface area contributed by atoms with E-state index >= 15 is 0 Å². The number of hydrogen-bond acceptors (Lipinski definition) is 6. The van der Waals surface area contributed by atoms with E-state index in [4.69, 9.17) is 9.98 Å². The molecule has 7 aromatic carbocycles. The number of aliphatic imine (C=N–C) groups is 1. The maximum Gasteiger partial charge on any atom is 0.216 e. The van der Waals surface area contributed by atoms with E-state index in [2.05, 4.69) is 36.4 Å². The monoisotopic (exact) mass is 862 g/mol. The Bertz CT molecular complexity index is 3540. The van der Waals surface area contributed by atoms with Gasteiger partial charge in [0.15, 0.2) is 5.36 Å². The van der Waals surface area contributed by atoms with E-state index in [0.29, 0.717) is 21.9 Å². The summed E-state index contributed by atoms with van der Waals surface area (Å²) in [5.74, 6) is -0.174. The van der Waals surface area contributed by atoms with Gasteiger partial charge in [-0.1, -0.05) is 106 Å². The number of aliphatic hydroxyl groups excluding tert-OH is 1. The van der Waals surface area contributed by atoms with Crippen LogP contribution in [0, 0.1) is 0 Å². The number of ketones is 1. The van der Waals surface area contributed by atoms with E-state index in [0.717, 1.165) is 104 Å². The minimum absolute atomic E-state index is 0.0512. The van der Waals surface area contributed by atoms with Crippen LogP contribution in [0.4, 0.5) is 0 Å². The highest BCUT2D eigenvalue weighted by atomic mass is 16.3. The lowest BCUT2D eigenvalue weighted by molar-refractivity contribution is 0.106. The van der Waals surface area contributed by atoms with Crippen LogP contribution in [0.15, 0.2) is 128 Å². The van der Waals surface area contributed by atoms with Gasteiger partial charge in [0.2, 0.25) is 16.6 Å². The molecule has 0 aliphatic heterocycles. The van der Waals surface area contributed by atoms with Crippen molar-refractivity contribution in [1.29, 1.82) is 0 Å². The zero-order valence-electron chi connectivity index (χ0n) is 37.1. The third kappa shape index (κ3) is 5.14. The molecule has 0 saturated heterocycles. The number of benzene rings is 6. The molecule has 3 saturated carbocycles. The Balaban J connectivity index is 0.919. The predicted octanol–water partition coefficient (Wildman–Crippen LogP) is 12.1. The largest absolute Gasteiger partial charge is 0.382 e. The summed E-state index contributed by atoms with van der Waals surface area (Å²) in [6.07, 6.45) is 19.6. The Kier molecular flexibility index (Phi) is 8.15. The molecular formula is C60H50N2O4. The van der Waals surface area contributed by atoms with Gasteiger partial charge in [0.25, 0.3) is 0 Å². The number of Topliss-reactive ketones (excluding diaryl/α,β-unsaturated/α-hetero) is 1. The van der Waals surface area contributed by atoms with Crippen molar-refractivity contribution in [2.24, 2.45) is 9.98 Å². The van der Waals surface area contributed by atoms with Gasteiger partial charge < -0.3 is 5.11 Å². The number of nitrogens with zero attached hydrogens (tertiary/aromatic N) is 2. The lowest BCUT2D eigenvalue weighted by Crippen LogP contribution is -2.35. The molecule has 0 bridgehead atoms. The summed E-state index contributed by atoms with van der Waals surface area (Å²) in [7, 11) is 0. The minimum Gasteiger partial charge on any atom is -0.382 e. The summed E-state index contributed by atoms with van der Waals surface area (Å²) in [6, 6.07) is 33.6. The van der Waals surface area contributed by atoms with Crippen LogP contribution in [0.2, 0.25) is 0 Å². The first-order chi connectivity index (χ1) is 32.3. The van der Waals surface area contributed by atoms with E-state index in [-0.39, 0.29) is 44.0 Å². The Morgan fingerprint density at radius 2 is 0.894 bits per heavy atom. The number of hydrogen-bond donors (Lipinski definition) is 1. The highest BCUT2D eigenvalue weighted by molar-refractivity contribution is 6.51. The summed E-state index contributed by atoms with van der Waals surface area (Å²) in [5.41, 5.74) is 12.3. The average Bonchev–Trinajstić information content (AvgIpc) is 4.03. The summed E-state index contributed by atoms with van der Waals surface area (Å²) in [4.78, 5) is 52.9. The molecule has 3 fully saturated rings. The van der Waals surface area contributed by atoms with Crippen LogP contribution in [-0.2, 0) is 16.2 Å². The molecule has 0 radical (unpaired) electrons. The Hall–Kier alpha value is -6.37. The molecular weight excluding hydrogens is 813 g/mol. The molecule has 0 amide bonds. The van der Waals surface area contributed by atoms with Crippen molar-refractivity contribution in [3.05, 3.63) is 179 Å². The SMILES string of the molecule is O=C1/C(=N\C2=Cc3cc4c(cc3C23CCCCC3)-c2cc3c(cc2C42CCCCC2)C=C(N=c2c(=O)c4cc5ccccc5cc4c2=O)C32CCCCC2)C(O)c2cc3ccccc3cc21. The third-order valence-corrected chi connectivity index (χ3v) is 17.6. The van der Waals surface area contributed by atoms with Crippen LogP contribution < -0.4 is 16.2 Å². The highest BCUT2D eigenvalue weighted by Crippen LogP contribution is 2.62. The van der Waals surface area contributed by atoms with E-state index in [1.165, 1.54) is 70.2 Å². The molecule has 7 aliphatic rings. The van der Waals surface area contributed by atoms with Crippen LogP contribution in [0.25, 0.3) is 55.6 Å². The van der Waals surface area contributed by atoms with Crippen molar-refractivity contribution in [3.63, 3.8) is 0 Å². The molecule has 3 spiro atoms. The molecule has 7 aliphatic carbocycles. The van der Waals surface area contributed by atoms with Crippen molar-refractivity contribution in [1.82, 2.24) is 0 Å². The van der Waals surface area contributed by atoms with Crippen molar-refractivity contribution >= 4 is 56.0 Å². The van der Waals surface area contributed by atoms with Crippen LogP contribution in [0.1, 0.15) is 152 Å². The topological polar surface area (TPSA) is 96.2 Å². The summed E-state index contributed by atoms with van der Waals surface area (Å²) in [5, 5.41) is 16.7. The molecule has 14 rings (SSSR count). The summed E-state index contributed by atoms with van der Waals surface area (Å²) in [6.45, 7) is 0. The van der Waals surface area contributed by atoms with Crippen molar-refractivity contribution < 1.29 is 9.90 Å². The van der Waals surface area contributed by atoms with Crippen molar-refractivity contribution in [2.75, 3.05) is 0 Å². The second kappa shape index (κ2) is 13.8. The van der Waals surface area contributed by atoms with Gasteiger partial charge in [0.1, 0.15) is 11.8 Å². The van der Waals surface area contributed by atoms with Gasteiger partial charge in [-0.25, -0.2) is 9.98 Å². The number of allylic oxidation sites excluding steroid dienone is 2. The lowest BCUT2D eigenvalue weighted by atomic mass is 9.66. The Morgan fingerprint density at radius 1 is 0.455 bits per heavy atom. The number of carbonyl (C=O) groups excluding carboxylic acids is 1. The molecule has 66 heavy (non-hydrogen) atoms. The van der Waals surface area contributed by atoms with Gasteiger partial charge in [-0.15, -0.1) is 0 Å². The maximum atomic E-state index is 14.2. The molecule has 1 N–H and O–H groups in total. The number of fused-ring (bicyclic) bond motifs is 13. The fourth-order valence-corrected chi connectivity index (χ4v) is 14.4. The van der Waals surface area contributed by atoms with Gasteiger partial charge >= 0.3 is 0 Å². The van der Waals surface area contributed by atoms with E-state index < -0.39 is 6.10 Å². The third-order valence-electron chi connectivity index (χ3n) is 17.6. The molecule has 1 unspecified atom stereocenters. The van der Waals surface area contributed by atoms with Gasteiger partial charge in [0.05, 0.1) is 11.4 Å². The number of aliphatic hydroxyl groups is 1. The van der Waals surface area contributed by atoms with Crippen molar-refractivity contribution in [3.8, 4) is 11.1 Å².